The molecule has 2 atom stereocenters. The van der Waals surface area contributed by atoms with Gasteiger partial charge in [-0.2, -0.15) is 0 Å². The molecule has 0 aliphatic carbocycles. The number of hydrogen-bond donors (Lipinski definition) is 5. The van der Waals surface area contributed by atoms with Crippen LogP contribution >= 0.6 is 0 Å². The molecule has 1 rings (SSSR count). The topological polar surface area (TPSA) is 158 Å². The first-order valence-electron chi connectivity index (χ1n) is 8.00. The Morgan fingerprint density at radius 2 is 1.77 bits per heavy atom. The maximum absolute atomic E-state index is 11.8. The number of carbonyl (C=O) groups excluding carboxylic acids is 1. The van der Waals surface area contributed by atoms with E-state index in [2.05, 4.69) is 9.68 Å². The lowest BCUT2D eigenvalue weighted by Gasteiger charge is -2.19. The second-order valence-electron chi connectivity index (χ2n) is 5.49. The van der Waals surface area contributed by atoms with E-state index < -0.39 is 28.9 Å². The number of hydrogen-bond acceptors (Lipinski definition) is 11. The Labute approximate surface area is 150 Å². The van der Waals surface area contributed by atoms with Crippen LogP contribution in [0.1, 0.15) is 24.8 Å². The molecule has 6 N–H and O–H groups in total. The van der Waals surface area contributed by atoms with E-state index in [0.717, 1.165) is 5.56 Å². The van der Waals surface area contributed by atoms with E-state index in [4.69, 9.17) is 31.3 Å². The quantitative estimate of drug-likeness (QED) is 0.187. The van der Waals surface area contributed by atoms with Crippen LogP contribution in [0, 0.1) is 0 Å². The summed E-state index contributed by atoms with van der Waals surface area (Å²) in [5.74, 6) is -0.502. The highest BCUT2D eigenvalue weighted by molar-refractivity contribution is 5.75. The minimum absolute atomic E-state index is 0.142. The molecular formula is C15H25N3O8. The van der Waals surface area contributed by atoms with E-state index in [1.54, 1.807) is 0 Å². The lowest BCUT2D eigenvalue weighted by atomic mass is 10.1. The molecule has 0 unspecified atom stereocenters. The van der Waals surface area contributed by atoms with Crippen molar-refractivity contribution in [3.8, 4) is 0 Å². The van der Waals surface area contributed by atoms with Crippen molar-refractivity contribution < 1.29 is 40.0 Å². The molecular weight excluding hydrogens is 350 g/mol. The zero-order valence-electron chi connectivity index (χ0n) is 14.2. The van der Waals surface area contributed by atoms with Gasteiger partial charge in [0.25, 0.3) is 0 Å². The van der Waals surface area contributed by atoms with Gasteiger partial charge in [-0.05, 0) is 31.2 Å². The molecule has 0 aliphatic rings. The number of carbonyl (C=O) groups is 1. The molecule has 26 heavy (non-hydrogen) atoms. The highest BCUT2D eigenvalue weighted by atomic mass is 17.1. The van der Waals surface area contributed by atoms with Crippen molar-refractivity contribution in [2.75, 3.05) is 13.2 Å². The van der Waals surface area contributed by atoms with Gasteiger partial charge in [-0.3, -0.25) is 25.6 Å². The Kier molecular flexibility index (Phi) is 10.9. The molecule has 0 bridgehead atoms. The van der Waals surface area contributed by atoms with Gasteiger partial charge in [0.05, 0.1) is 17.4 Å². The smallest absolute Gasteiger partial charge is 0.323 e. The summed E-state index contributed by atoms with van der Waals surface area (Å²) in [6.07, 6.45) is 0.763. The SMILES string of the molecule is N[C@@H](Cc1ccccc1)C(=O)OCCCC[C@H](CON(O)O)ON(O)O. The van der Waals surface area contributed by atoms with E-state index in [1.165, 1.54) is 0 Å². The van der Waals surface area contributed by atoms with Gasteiger partial charge in [-0.15, -0.1) is 0 Å². The summed E-state index contributed by atoms with van der Waals surface area (Å²) in [7, 11) is 0. The van der Waals surface area contributed by atoms with Crippen LogP contribution in [0.4, 0.5) is 0 Å². The van der Waals surface area contributed by atoms with Crippen LogP contribution in [-0.2, 0) is 25.6 Å². The van der Waals surface area contributed by atoms with Gasteiger partial charge < -0.3 is 10.5 Å². The molecule has 148 valence electrons. The van der Waals surface area contributed by atoms with Crippen molar-refractivity contribution in [3.63, 3.8) is 0 Å². The normalized spacial score (nSPS) is 13.8. The highest BCUT2D eigenvalue weighted by Crippen LogP contribution is 2.08. The van der Waals surface area contributed by atoms with Crippen LogP contribution in [-0.4, -0.2) is 62.9 Å². The Balaban J connectivity index is 2.21. The van der Waals surface area contributed by atoms with Crippen LogP contribution in [0.3, 0.4) is 0 Å². The summed E-state index contributed by atoms with van der Waals surface area (Å²) in [4.78, 5) is 20.8. The van der Waals surface area contributed by atoms with Crippen LogP contribution in [0.2, 0.25) is 0 Å². The van der Waals surface area contributed by atoms with Crippen molar-refractivity contribution in [1.82, 2.24) is 10.8 Å². The maximum atomic E-state index is 11.8. The molecule has 11 heteroatoms. The minimum atomic E-state index is -0.858. The Morgan fingerprint density at radius 3 is 2.38 bits per heavy atom. The lowest BCUT2D eigenvalue weighted by Crippen LogP contribution is -2.34. The van der Waals surface area contributed by atoms with Crippen molar-refractivity contribution >= 4 is 5.97 Å². The monoisotopic (exact) mass is 375 g/mol. The number of esters is 1. The van der Waals surface area contributed by atoms with E-state index in [-0.39, 0.29) is 19.6 Å². The van der Waals surface area contributed by atoms with Gasteiger partial charge in [0.2, 0.25) is 0 Å². The Bertz CT molecular complexity index is 503. The van der Waals surface area contributed by atoms with E-state index in [1.807, 2.05) is 30.3 Å². The van der Waals surface area contributed by atoms with E-state index in [0.29, 0.717) is 19.3 Å². The van der Waals surface area contributed by atoms with Crippen molar-refractivity contribution in [2.45, 2.75) is 37.8 Å². The fraction of sp³-hybridized carbons (Fsp3) is 0.533. The van der Waals surface area contributed by atoms with Gasteiger partial charge in [0.15, 0.2) is 0 Å². The average Bonchev–Trinajstić information content (AvgIpc) is 2.59. The Morgan fingerprint density at radius 1 is 1.08 bits per heavy atom. The molecule has 0 spiro atoms. The molecule has 1 aromatic rings. The second kappa shape index (κ2) is 12.6. The van der Waals surface area contributed by atoms with Crippen LogP contribution < -0.4 is 5.73 Å². The lowest BCUT2D eigenvalue weighted by molar-refractivity contribution is -0.527. The zero-order valence-corrected chi connectivity index (χ0v) is 14.2. The third-order valence-electron chi connectivity index (χ3n) is 3.39. The van der Waals surface area contributed by atoms with E-state index in [9.17, 15) is 4.79 Å². The predicted octanol–water partition coefficient (Wildman–Crippen LogP) is 0.663. The molecule has 0 aromatic heterocycles. The fourth-order valence-electron chi connectivity index (χ4n) is 2.15. The summed E-state index contributed by atoms with van der Waals surface area (Å²) in [5.41, 5.74) is 6.75. The second-order valence-corrected chi connectivity index (χ2v) is 5.49. The number of unbranched alkanes of at least 4 members (excludes halogenated alkanes) is 1. The fourth-order valence-corrected chi connectivity index (χ4v) is 2.15. The molecule has 0 saturated carbocycles. The zero-order chi connectivity index (χ0) is 19.4. The molecule has 0 saturated heterocycles. The third-order valence-corrected chi connectivity index (χ3v) is 3.39. The third kappa shape index (κ3) is 10.4. The number of nitrogens with zero attached hydrogens (tertiary/aromatic N) is 2. The molecule has 0 amide bonds. The van der Waals surface area contributed by atoms with Gasteiger partial charge in [0.1, 0.15) is 18.8 Å². The van der Waals surface area contributed by atoms with E-state index >= 15 is 0 Å². The minimum Gasteiger partial charge on any atom is -0.465 e. The number of rotatable bonds is 13. The molecule has 0 fully saturated rings. The first-order valence-corrected chi connectivity index (χ1v) is 8.00. The summed E-state index contributed by atoms with van der Waals surface area (Å²) in [5, 5.41) is 33.2. The molecule has 0 heterocycles. The summed E-state index contributed by atoms with van der Waals surface area (Å²) < 4.78 is 5.10. The summed E-state index contributed by atoms with van der Waals surface area (Å²) in [6, 6.07) is 8.60. The van der Waals surface area contributed by atoms with Crippen LogP contribution in [0.5, 0.6) is 0 Å². The number of benzene rings is 1. The first-order chi connectivity index (χ1) is 12.4. The average molecular weight is 375 g/mol. The molecule has 0 aliphatic heterocycles. The molecule has 11 nitrogen and oxygen atoms in total. The van der Waals surface area contributed by atoms with Crippen molar-refractivity contribution in [1.29, 1.82) is 0 Å². The highest BCUT2D eigenvalue weighted by Gasteiger charge is 2.17. The molecule has 0 radical (unpaired) electrons. The van der Waals surface area contributed by atoms with Gasteiger partial charge in [0, 0.05) is 0 Å². The van der Waals surface area contributed by atoms with Crippen molar-refractivity contribution in [2.24, 2.45) is 5.73 Å². The van der Waals surface area contributed by atoms with Crippen molar-refractivity contribution in [3.05, 3.63) is 35.9 Å². The molecule has 1 aromatic carbocycles. The van der Waals surface area contributed by atoms with Gasteiger partial charge in [-0.1, -0.05) is 30.3 Å². The summed E-state index contributed by atoms with van der Waals surface area (Å²) >= 11 is 0. The van der Waals surface area contributed by atoms with Crippen LogP contribution in [0.15, 0.2) is 30.3 Å². The Hall–Kier alpha value is -1.67. The van der Waals surface area contributed by atoms with Gasteiger partial charge >= 0.3 is 5.97 Å². The number of ether oxygens (including phenoxy) is 1. The standard InChI is InChI=1S/C15H25N3O8/c16-14(10-12-6-2-1-3-7-12)15(19)24-9-5-4-8-13(26-18(22)23)11-25-17(20)21/h1-3,6-7,13-14,20-23H,4-5,8-11,16H2/t13-,14+/m1/s1. The van der Waals surface area contributed by atoms with Gasteiger partial charge in [-0.25, -0.2) is 9.68 Å². The number of nitrogens with two attached hydrogens (primary N) is 1. The van der Waals surface area contributed by atoms with Crippen LogP contribution in [0.25, 0.3) is 0 Å². The predicted molar refractivity (Wildman–Crippen MR) is 84.6 cm³/mol. The summed E-state index contributed by atoms with van der Waals surface area (Å²) in [6.45, 7) is -0.199. The maximum Gasteiger partial charge on any atom is 0.323 e. The largest absolute Gasteiger partial charge is 0.465 e. The first kappa shape index (κ1) is 22.4.